The van der Waals surface area contributed by atoms with E-state index in [0.29, 0.717) is 12.8 Å². The molecule has 5 nitrogen and oxygen atoms in total. The minimum absolute atomic E-state index is 0.0236. The summed E-state index contributed by atoms with van der Waals surface area (Å²) in [5.41, 5.74) is 0.771. The lowest BCUT2D eigenvalue weighted by Crippen LogP contribution is -2.53. The number of rotatable bonds is 4. The van der Waals surface area contributed by atoms with Crippen LogP contribution in [0.25, 0.3) is 0 Å². The van der Waals surface area contributed by atoms with Crippen LogP contribution in [-0.4, -0.2) is 42.2 Å². The fraction of sp³-hybridized carbons (Fsp3) is 0.500. The normalized spacial score (nSPS) is 18.1. The van der Waals surface area contributed by atoms with E-state index < -0.39 is 30.8 Å². The van der Waals surface area contributed by atoms with Gasteiger partial charge in [-0.15, -0.1) is 0 Å². The number of alkyl carbamates (subject to hydrolysis) is 1. The van der Waals surface area contributed by atoms with Gasteiger partial charge in [0.2, 0.25) is 5.91 Å². The standard InChI is InChI=1S/C16H19F3N2O3/c17-16(18,19)13-8-4-5-9-21(13)14(22)10-20-15(23)24-11-12-6-2-1-3-7-12/h1-3,6-7,13H,4-5,8-11H2,(H,20,23). The van der Waals surface area contributed by atoms with Gasteiger partial charge in [0.15, 0.2) is 0 Å². The highest BCUT2D eigenvalue weighted by atomic mass is 19.4. The monoisotopic (exact) mass is 344 g/mol. The average molecular weight is 344 g/mol. The molecule has 2 rings (SSSR count). The molecule has 1 aromatic rings. The number of halogens is 3. The molecule has 1 saturated heterocycles. The predicted octanol–water partition coefficient (Wildman–Crippen LogP) is 2.86. The van der Waals surface area contributed by atoms with Crippen molar-refractivity contribution < 1.29 is 27.5 Å². The zero-order chi connectivity index (χ0) is 17.6. The van der Waals surface area contributed by atoms with Crippen LogP contribution in [0.2, 0.25) is 0 Å². The van der Waals surface area contributed by atoms with Gasteiger partial charge in [0.05, 0.1) is 0 Å². The van der Waals surface area contributed by atoms with E-state index in [1.165, 1.54) is 0 Å². The van der Waals surface area contributed by atoms with Crippen molar-refractivity contribution in [2.75, 3.05) is 13.1 Å². The molecule has 1 aliphatic rings. The molecule has 0 aromatic heterocycles. The Morgan fingerprint density at radius 2 is 1.92 bits per heavy atom. The van der Waals surface area contributed by atoms with Crippen molar-refractivity contribution in [3.05, 3.63) is 35.9 Å². The van der Waals surface area contributed by atoms with Gasteiger partial charge in [0.25, 0.3) is 0 Å². The molecule has 0 bridgehead atoms. The van der Waals surface area contributed by atoms with Crippen molar-refractivity contribution >= 4 is 12.0 Å². The maximum absolute atomic E-state index is 13.0. The lowest BCUT2D eigenvalue weighted by Gasteiger charge is -2.36. The number of carbonyl (C=O) groups is 2. The molecule has 24 heavy (non-hydrogen) atoms. The third kappa shape index (κ3) is 5.14. The smallest absolute Gasteiger partial charge is 0.408 e. The first-order valence-corrected chi connectivity index (χ1v) is 7.68. The molecular weight excluding hydrogens is 325 g/mol. The van der Waals surface area contributed by atoms with Crippen molar-refractivity contribution in [1.29, 1.82) is 0 Å². The number of ether oxygens (including phenoxy) is 1. The van der Waals surface area contributed by atoms with Gasteiger partial charge < -0.3 is 15.0 Å². The second kappa shape index (κ2) is 8.03. The zero-order valence-corrected chi connectivity index (χ0v) is 13.0. The second-order valence-electron chi connectivity index (χ2n) is 5.56. The molecule has 1 fully saturated rings. The van der Waals surface area contributed by atoms with Gasteiger partial charge in [0.1, 0.15) is 19.2 Å². The molecule has 0 aliphatic carbocycles. The highest BCUT2D eigenvalue weighted by Gasteiger charge is 2.46. The van der Waals surface area contributed by atoms with Crippen LogP contribution in [0.1, 0.15) is 24.8 Å². The van der Waals surface area contributed by atoms with E-state index >= 15 is 0 Å². The Bertz CT molecular complexity index is 563. The van der Waals surface area contributed by atoms with Crippen molar-refractivity contribution in [2.24, 2.45) is 0 Å². The van der Waals surface area contributed by atoms with Gasteiger partial charge >= 0.3 is 12.3 Å². The number of piperidine rings is 1. The molecule has 1 heterocycles. The van der Waals surface area contributed by atoms with Crippen LogP contribution in [-0.2, 0) is 16.1 Å². The van der Waals surface area contributed by atoms with Gasteiger partial charge in [-0.3, -0.25) is 4.79 Å². The molecule has 2 amide bonds. The van der Waals surface area contributed by atoms with Crippen molar-refractivity contribution in [3.8, 4) is 0 Å². The van der Waals surface area contributed by atoms with Crippen molar-refractivity contribution in [1.82, 2.24) is 10.2 Å². The first-order chi connectivity index (χ1) is 11.4. The van der Waals surface area contributed by atoms with E-state index in [1.807, 2.05) is 6.07 Å². The number of nitrogens with one attached hydrogen (secondary N) is 1. The summed E-state index contributed by atoms with van der Waals surface area (Å²) >= 11 is 0. The van der Waals surface area contributed by atoms with Crippen LogP contribution in [0.4, 0.5) is 18.0 Å². The summed E-state index contributed by atoms with van der Waals surface area (Å²) in [6.45, 7) is -0.445. The van der Waals surface area contributed by atoms with Crippen LogP contribution in [0, 0.1) is 0 Å². The molecule has 0 spiro atoms. The largest absolute Gasteiger partial charge is 0.445 e. The van der Waals surface area contributed by atoms with E-state index in [2.05, 4.69) is 5.32 Å². The lowest BCUT2D eigenvalue weighted by molar-refractivity contribution is -0.195. The summed E-state index contributed by atoms with van der Waals surface area (Å²) in [7, 11) is 0. The molecule has 1 atom stereocenters. The summed E-state index contributed by atoms with van der Waals surface area (Å²) in [6, 6.07) is 7.14. The Labute approximate surface area is 137 Å². The predicted molar refractivity (Wildman–Crippen MR) is 80.0 cm³/mol. The number of alkyl halides is 3. The molecule has 8 heteroatoms. The van der Waals surface area contributed by atoms with Gasteiger partial charge in [-0.25, -0.2) is 4.79 Å². The Hall–Kier alpha value is -2.25. The topological polar surface area (TPSA) is 58.6 Å². The second-order valence-corrected chi connectivity index (χ2v) is 5.56. The van der Waals surface area contributed by atoms with Gasteiger partial charge in [-0.2, -0.15) is 13.2 Å². The molecular formula is C16H19F3N2O3. The van der Waals surface area contributed by atoms with Crippen molar-refractivity contribution in [2.45, 2.75) is 38.1 Å². The summed E-state index contributed by atoms with van der Waals surface area (Å²) in [5, 5.41) is 2.20. The first-order valence-electron chi connectivity index (χ1n) is 7.68. The molecule has 0 radical (unpaired) electrons. The average Bonchev–Trinajstić information content (AvgIpc) is 2.58. The molecule has 0 saturated carbocycles. The SMILES string of the molecule is O=C(NCC(=O)N1CCCCC1C(F)(F)F)OCc1ccccc1. The molecule has 1 aliphatic heterocycles. The quantitative estimate of drug-likeness (QED) is 0.914. The van der Waals surface area contributed by atoms with Gasteiger partial charge in [0, 0.05) is 6.54 Å². The van der Waals surface area contributed by atoms with Crippen LogP contribution in [0.15, 0.2) is 30.3 Å². The Morgan fingerprint density at radius 3 is 2.58 bits per heavy atom. The van der Waals surface area contributed by atoms with Crippen LogP contribution >= 0.6 is 0 Å². The zero-order valence-electron chi connectivity index (χ0n) is 13.0. The number of benzene rings is 1. The third-order valence-electron chi connectivity index (χ3n) is 3.80. The molecule has 132 valence electrons. The van der Waals surface area contributed by atoms with E-state index in [4.69, 9.17) is 4.74 Å². The Morgan fingerprint density at radius 1 is 1.21 bits per heavy atom. The fourth-order valence-electron chi connectivity index (χ4n) is 2.59. The number of hydrogen-bond acceptors (Lipinski definition) is 3. The van der Waals surface area contributed by atoms with Crippen LogP contribution < -0.4 is 5.32 Å². The third-order valence-corrected chi connectivity index (χ3v) is 3.80. The van der Waals surface area contributed by atoms with Crippen molar-refractivity contribution in [3.63, 3.8) is 0 Å². The number of likely N-dealkylation sites (tertiary alicyclic amines) is 1. The maximum Gasteiger partial charge on any atom is 0.408 e. The Balaban J connectivity index is 1.80. The first kappa shape index (κ1) is 18.1. The fourth-order valence-corrected chi connectivity index (χ4v) is 2.59. The van der Waals surface area contributed by atoms with Crippen LogP contribution in [0.3, 0.4) is 0 Å². The summed E-state index contributed by atoms with van der Waals surface area (Å²) in [5.74, 6) is -0.756. The maximum atomic E-state index is 13.0. The summed E-state index contributed by atoms with van der Waals surface area (Å²) in [6.07, 6.45) is -4.44. The summed E-state index contributed by atoms with van der Waals surface area (Å²) in [4.78, 5) is 24.3. The minimum atomic E-state index is -4.45. The number of amides is 2. The van der Waals surface area contributed by atoms with Gasteiger partial charge in [-0.1, -0.05) is 30.3 Å². The minimum Gasteiger partial charge on any atom is -0.445 e. The lowest BCUT2D eigenvalue weighted by atomic mass is 10.0. The number of hydrogen-bond donors (Lipinski definition) is 1. The summed E-state index contributed by atoms with van der Waals surface area (Å²) < 4.78 is 43.8. The van der Waals surface area contributed by atoms with Gasteiger partial charge in [-0.05, 0) is 24.8 Å². The van der Waals surface area contributed by atoms with E-state index in [-0.39, 0.29) is 19.6 Å². The number of nitrogens with zero attached hydrogens (tertiary/aromatic N) is 1. The highest BCUT2D eigenvalue weighted by Crippen LogP contribution is 2.31. The van der Waals surface area contributed by atoms with Crippen LogP contribution in [0.5, 0.6) is 0 Å². The van der Waals surface area contributed by atoms with E-state index in [1.54, 1.807) is 24.3 Å². The molecule has 1 aromatic carbocycles. The van der Waals surface area contributed by atoms with E-state index in [9.17, 15) is 22.8 Å². The number of carbonyl (C=O) groups excluding carboxylic acids is 2. The highest BCUT2D eigenvalue weighted by molar-refractivity contribution is 5.82. The molecule has 1 N–H and O–H groups in total. The van der Waals surface area contributed by atoms with E-state index in [0.717, 1.165) is 10.5 Å². The Kier molecular flexibility index (Phi) is 6.05. The molecule has 1 unspecified atom stereocenters.